The summed E-state index contributed by atoms with van der Waals surface area (Å²) in [5, 5.41) is 3.50. The fourth-order valence-electron chi connectivity index (χ4n) is 3.10. The summed E-state index contributed by atoms with van der Waals surface area (Å²) in [6.07, 6.45) is 3.77. The summed E-state index contributed by atoms with van der Waals surface area (Å²) < 4.78 is 5.58. The van der Waals surface area contributed by atoms with Gasteiger partial charge in [0.25, 0.3) is 5.91 Å². The summed E-state index contributed by atoms with van der Waals surface area (Å²) in [6, 6.07) is 16.1. The largest absolute Gasteiger partial charge is 0.482 e. The minimum atomic E-state index is -0.122. The Hall–Kier alpha value is -1.75. The number of carbonyl (C=O) groups is 1. The van der Waals surface area contributed by atoms with Crippen LogP contribution in [0, 0.1) is 0 Å². The second-order valence-corrected chi connectivity index (χ2v) is 6.89. The van der Waals surface area contributed by atoms with Crippen LogP contribution in [0.2, 0.25) is 5.02 Å². The van der Waals surface area contributed by atoms with Gasteiger partial charge in [-0.3, -0.25) is 4.79 Å². The molecule has 1 saturated carbocycles. The topological polar surface area (TPSA) is 64.3 Å². The zero-order chi connectivity index (χ0) is 17.6. The normalized spacial score (nSPS) is 19.3. The fourth-order valence-corrected chi connectivity index (χ4v) is 3.34. The highest BCUT2D eigenvalue weighted by molar-refractivity contribution is 6.32. The Morgan fingerprint density at radius 1 is 1.08 bits per heavy atom. The van der Waals surface area contributed by atoms with Gasteiger partial charge in [0.2, 0.25) is 0 Å². The first-order chi connectivity index (χ1) is 12.1. The molecule has 1 aliphatic carbocycles. The number of amides is 1. The highest BCUT2D eigenvalue weighted by Gasteiger charge is 2.20. The Morgan fingerprint density at radius 3 is 2.42 bits per heavy atom. The maximum absolute atomic E-state index is 12.1. The van der Waals surface area contributed by atoms with Gasteiger partial charge in [-0.15, -0.1) is 12.4 Å². The standard InChI is InChI=1S/C20H23ClN2O2.ClH/c21-18-12-15(14-4-2-1-3-5-14)6-11-19(18)25-13-20(24)23-17-9-7-16(22)8-10-17;/h1-6,11-12,16-17H,7-10,13,22H2,(H,23,24);1H. The Balaban J connectivity index is 0.00000243. The van der Waals surface area contributed by atoms with Gasteiger partial charge >= 0.3 is 0 Å². The van der Waals surface area contributed by atoms with Crippen molar-refractivity contribution in [3.63, 3.8) is 0 Å². The van der Waals surface area contributed by atoms with Crippen molar-refractivity contribution >= 4 is 29.9 Å². The van der Waals surface area contributed by atoms with E-state index in [0.717, 1.165) is 36.8 Å². The van der Waals surface area contributed by atoms with Crippen molar-refractivity contribution in [3.05, 3.63) is 53.6 Å². The Morgan fingerprint density at radius 2 is 1.77 bits per heavy atom. The van der Waals surface area contributed by atoms with E-state index in [0.29, 0.717) is 10.8 Å². The van der Waals surface area contributed by atoms with E-state index in [-0.39, 0.29) is 37.0 Å². The van der Waals surface area contributed by atoms with Gasteiger partial charge in [-0.2, -0.15) is 0 Å². The van der Waals surface area contributed by atoms with E-state index in [2.05, 4.69) is 5.32 Å². The van der Waals surface area contributed by atoms with Crippen LogP contribution in [-0.2, 0) is 4.79 Å². The maximum atomic E-state index is 12.1. The molecule has 1 fully saturated rings. The van der Waals surface area contributed by atoms with Crippen molar-refractivity contribution in [1.29, 1.82) is 0 Å². The van der Waals surface area contributed by atoms with Crippen LogP contribution in [-0.4, -0.2) is 24.6 Å². The van der Waals surface area contributed by atoms with Crippen LogP contribution in [0.15, 0.2) is 48.5 Å². The molecule has 4 nitrogen and oxygen atoms in total. The molecule has 0 spiro atoms. The summed E-state index contributed by atoms with van der Waals surface area (Å²) in [7, 11) is 0. The number of rotatable bonds is 5. The second-order valence-electron chi connectivity index (χ2n) is 6.48. The van der Waals surface area contributed by atoms with Gasteiger partial charge in [0.1, 0.15) is 5.75 Å². The third-order valence-corrected chi connectivity index (χ3v) is 4.83. The monoisotopic (exact) mass is 394 g/mol. The van der Waals surface area contributed by atoms with Crippen molar-refractivity contribution < 1.29 is 9.53 Å². The minimum absolute atomic E-state index is 0. The maximum Gasteiger partial charge on any atom is 0.258 e. The molecule has 0 heterocycles. The lowest BCUT2D eigenvalue weighted by atomic mass is 9.92. The molecule has 3 N–H and O–H groups in total. The van der Waals surface area contributed by atoms with E-state index in [1.165, 1.54) is 0 Å². The molecule has 0 aliphatic heterocycles. The average Bonchev–Trinajstić information content (AvgIpc) is 2.63. The van der Waals surface area contributed by atoms with Crippen LogP contribution in [0.3, 0.4) is 0 Å². The minimum Gasteiger partial charge on any atom is -0.482 e. The fraction of sp³-hybridized carbons (Fsp3) is 0.350. The number of ether oxygens (including phenoxy) is 1. The molecular formula is C20H24Cl2N2O2. The average molecular weight is 395 g/mol. The molecule has 0 atom stereocenters. The van der Waals surface area contributed by atoms with Gasteiger partial charge in [0, 0.05) is 12.1 Å². The van der Waals surface area contributed by atoms with Crippen molar-refractivity contribution in [3.8, 4) is 16.9 Å². The van der Waals surface area contributed by atoms with Gasteiger partial charge in [-0.05, 0) is 48.9 Å². The predicted octanol–water partition coefficient (Wildman–Crippen LogP) is 4.19. The molecule has 0 aromatic heterocycles. The lowest BCUT2D eigenvalue weighted by molar-refractivity contribution is -0.124. The van der Waals surface area contributed by atoms with E-state index in [4.69, 9.17) is 22.1 Å². The number of nitrogens with one attached hydrogen (secondary N) is 1. The van der Waals surface area contributed by atoms with E-state index >= 15 is 0 Å². The lowest BCUT2D eigenvalue weighted by Gasteiger charge is -2.26. The van der Waals surface area contributed by atoms with Gasteiger partial charge < -0.3 is 15.8 Å². The molecule has 26 heavy (non-hydrogen) atoms. The van der Waals surface area contributed by atoms with Gasteiger partial charge in [-0.25, -0.2) is 0 Å². The predicted molar refractivity (Wildman–Crippen MR) is 108 cm³/mol. The van der Waals surface area contributed by atoms with Crippen molar-refractivity contribution in [1.82, 2.24) is 5.32 Å². The number of carbonyl (C=O) groups excluding carboxylic acids is 1. The van der Waals surface area contributed by atoms with E-state index < -0.39 is 0 Å². The van der Waals surface area contributed by atoms with Crippen molar-refractivity contribution in [2.45, 2.75) is 37.8 Å². The van der Waals surface area contributed by atoms with Crippen molar-refractivity contribution in [2.24, 2.45) is 5.73 Å². The summed E-state index contributed by atoms with van der Waals surface area (Å²) in [6.45, 7) is -0.0348. The van der Waals surface area contributed by atoms with Gasteiger partial charge in [0.15, 0.2) is 6.61 Å². The Labute approximate surface area is 165 Å². The summed E-state index contributed by atoms with van der Waals surface area (Å²) in [5.41, 5.74) is 7.98. The lowest BCUT2D eigenvalue weighted by Crippen LogP contribution is -2.42. The number of nitrogens with two attached hydrogens (primary N) is 1. The first-order valence-electron chi connectivity index (χ1n) is 8.64. The molecule has 1 aliphatic rings. The smallest absolute Gasteiger partial charge is 0.258 e. The highest BCUT2D eigenvalue weighted by atomic mass is 35.5. The first-order valence-corrected chi connectivity index (χ1v) is 9.02. The number of hydrogen-bond donors (Lipinski definition) is 2. The Bertz CT molecular complexity index is 717. The number of halogens is 2. The van der Waals surface area contributed by atoms with E-state index in [1.54, 1.807) is 6.07 Å². The summed E-state index contributed by atoms with van der Waals surface area (Å²) in [5.74, 6) is 0.394. The highest BCUT2D eigenvalue weighted by Crippen LogP contribution is 2.30. The van der Waals surface area contributed by atoms with Gasteiger partial charge in [-0.1, -0.05) is 48.0 Å². The molecular weight excluding hydrogens is 371 g/mol. The Kier molecular flexibility index (Phi) is 7.76. The molecule has 2 aromatic carbocycles. The third-order valence-electron chi connectivity index (χ3n) is 4.53. The molecule has 0 radical (unpaired) electrons. The van der Waals surface area contributed by atoms with Crippen LogP contribution in [0.5, 0.6) is 5.75 Å². The molecule has 1 amide bonds. The number of hydrogen-bond acceptors (Lipinski definition) is 3. The zero-order valence-corrected chi connectivity index (χ0v) is 16.1. The van der Waals surface area contributed by atoms with E-state index in [9.17, 15) is 4.79 Å². The van der Waals surface area contributed by atoms with Crippen LogP contribution in [0.4, 0.5) is 0 Å². The molecule has 0 bridgehead atoms. The first kappa shape index (κ1) is 20.6. The molecule has 0 unspecified atom stereocenters. The molecule has 3 rings (SSSR count). The summed E-state index contributed by atoms with van der Waals surface area (Å²) >= 11 is 6.30. The molecule has 140 valence electrons. The third kappa shape index (κ3) is 5.63. The van der Waals surface area contributed by atoms with Crippen LogP contribution >= 0.6 is 24.0 Å². The van der Waals surface area contributed by atoms with Crippen LogP contribution < -0.4 is 15.8 Å². The summed E-state index contributed by atoms with van der Waals surface area (Å²) in [4.78, 5) is 12.1. The second kappa shape index (κ2) is 9.81. The van der Waals surface area contributed by atoms with Crippen molar-refractivity contribution in [2.75, 3.05) is 6.61 Å². The SMILES string of the molecule is Cl.NC1CCC(NC(=O)COc2ccc(-c3ccccc3)cc2Cl)CC1. The number of benzene rings is 2. The molecule has 0 saturated heterocycles. The van der Waals surface area contributed by atoms with Crippen LogP contribution in [0.1, 0.15) is 25.7 Å². The molecule has 2 aromatic rings. The van der Waals surface area contributed by atoms with Crippen LogP contribution in [0.25, 0.3) is 11.1 Å². The molecule has 6 heteroatoms. The van der Waals surface area contributed by atoms with Gasteiger partial charge in [0.05, 0.1) is 5.02 Å². The zero-order valence-electron chi connectivity index (χ0n) is 14.5. The quantitative estimate of drug-likeness (QED) is 0.798. The van der Waals surface area contributed by atoms with E-state index in [1.807, 2.05) is 42.5 Å².